The fourth-order valence-corrected chi connectivity index (χ4v) is 2.94. The summed E-state index contributed by atoms with van der Waals surface area (Å²) in [6.45, 7) is 2.78. The number of hydrogen-bond donors (Lipinski definition) is 1. The monoisotopic (exact) mass is 323 g/mol. The fraction of sp³-hybridized carbons (Fsp3) is 0.263. The third kappa shape index (κ3) is 4.20. The Morgan fingerprint density at radius 3 is 2.67 bits per heavy atom. The van der Waals surface area contributed by atoms with Crippen LogP contribution in [0.2, 0.25) is 0 Å². The summed E-state index contributed by atoms with van der Waals surface area (Å²) in [6, 6.07) is 15.8. The standard InChI is InChI=1S/C19H21N3O2/c23-19(24)22-13-12-21(14-16-6-2-1-3-7-16)15-18(22)10-9-17-8-4-5-11-20-17/h1-11,18H,12-15H2,(H,23,24)/t18-/m1/s1. The second-order valence-electron chi connectivity index (χ2n) is 5.88. The van der Waals surface area contributed by atoms with Crippen LogP contribution in [-0.2, 0) is 6.54 Å². The number of rotatable bonds is 4. The highest BCUT2D eigenvalue weighted by Gasteiger charge is 2.28. The normalized spacial score (nSPS) is 18.8. The molecule has 24 heavy (non-hydrogen) atoms. The topological polar surface area (TPSA) is 56.7 Å². The number of hydrogen-bond acceptors (Lipinski definition) is 3. The maximum atomic E-state index is 11.5. The van der Waals surface area contributed by atoms with Gasteiger partial charge in [-0.25, -0.2) is 4.79 Å². The number of carbonyl (C=O) groups is 1. The van der Waals surface area contributed by atoms with Gasteiger partial charge < -0.3 is 5.11 Å². The van der Waals surface area contributed by atoms with E-state index >= 15 is 0 Å². The second kappa shape index (κ2) is 7.75. The second-order valence-corrected chi connectivity index (χ2v) is 5.88. The molecule has 1 atom stereocenters. The van der Waals surface area contributed by atoms with Crippen LogP contribution in [0.1, 0.15) is 11.3 Å². The molecular weight excluding hydrogens is 302 g/mol. The average molecular weight is 323 g/mol. The van der Waals surface area contributed by atoms with Crippen molar-refractivity contribution < 1.29 is 9.90 Å². The largest absolute Gasteiger partial charge is 0.465 e. The van der Waals surface area contributed by atoms with Gasteiger partial charge in [0.15, 0.2) is 0 Å². The Morgan fingerprint density at radius 1 is 1.17 bits per heavy atom. The predicted octanol–water partition coefficient (Wildman–Crippen LogP) is 2.96. The van der Waals surface area contributed by atoms with Crippen LogP contribution in [-0.4, -0.2) is 51.7 Å². The number of aromatic nitrogens is 1. The number of amides is 1. The van der Waals surface area contributed by atoms with Gasteiger partial charge in [-0.1, -0.05) is 42.5 Å². The van der Waals surface area contributed by atoms with Crippen molar-refractivity contribution in [3.05, 3.63) is 72.1 Å². The van der Waals surface area contributed by atoms with Crippen LogP contribution in [0.15, 0.2) is 60.8 Å². The lowest BCUT2D eigenvalue weighted by molar-refractivity contribution is 0.0806. The van der Waals surface area contributed by atoms with Crippen LogP contribution in [0.25, 0.3) is 6.08 Å². The number of piperazine rings is 1. The van der Waals surface area contributed by atoms with Crippen molar-refractivity contribution in [1.82, 2.24) is 14.8 Å². The van der Waals surface area contributed by atoms with E-state index in [1.165, 1.54) is 10.5 Å². The molecule has 1 fully saturated rings. The van der Waals surface area contributed by atoms with Crippen LogP contribution in [0.3, 0.4) is 0 Å². The van der Waals surface area contributed by atoms with E-state index in [1.54, 1.807) is 6.20 Å². The molecule has 3 rings (SSSR count). The summed E-state index contributed by atoms with van der Waals surface area (Å²) in [5, 5.41) is 9.44. The molecule has 1 aromatic carbocycles. The summed E-state index contributed by atoms with van der Waals surface area (Å²) in [5.41, 5.74) is 2.08. The van der Waals surface area contributed by atoms with Crippen molar-refractivity contribution in [2.24, 2.45) is 0 Å². The van der Waals surface area contributed by atoms with E-state index in [2.05, 4.69) is 22.0 Å². The van der Waals surface area contributed by atoms with Crippen molar-refractivity contribution >= 4 is 12.2 Å². The predicted molar refractivity (Wildman–Crippen MR) is 93.5 cm³/mol. The van der Waals surface area contributed by atoms with Crippen molar-refractivity contribution in [3.8, 4) is 0 Å². The average Bonchev–Trinajstić information content (AvgIpc) is 2.61. The van der Waals surface area contributed by atoms with Gasteiger partial charge in [-0.3, -0.25) is 14.8 Å². The zero-order chi connectivity index (χ0) is 16.8. The zero-order valence-electron chi connectivity index (χ0n) is 13.5. The maximum Gasteiger partial charge on any atom is 0.407 e. The molecule has 5 nitrogen and oxygen atoms in total. The Balaban J connectivity index is 1.70. The first-order chi connectivity index (χ1) is 11.7. The van der Waals surface area contributed by atoms with Crippen molar-refractivity contribution in [3.63, 3.8) is 0 Å². The first-order valence-corrected chi connectivity index (χ1v) is 8.07. The number of benzene rings is 1. The molecule has 0 bridgehead atoms. The highest BCUT2D eigenvalue weighted by molar-refractivity contribution is 5.66. The molecule has 0 radical (unpaired) electrons. The lowest BCUT2D eigenvalue weighted by Gasteiger charge is -2.38. The maximum absolute atomic E-state index is 11.5. The summed E-state index contributed by atoms with van der Waals surface area (Å²) < 4.78 is 0. The van der Waals surface area contributed by atoms with Gasteiger partial charge in [0.05, 0.1) is 11.7 Å². The molecule has 1 saturated heterocycles. The Hall–Kier alpha value is -2.66. The van der Waals surface area contributed by atoms with Crippen LogP contribution in [0, 0.1) is 0 Å². The van der Waals surface area contributed by atoms with Crippen molar-refractivity contribution in [2.45, 2.75) is 12.6 Å². The van der Waals surface area contributed by atoms with E-state index in [1.807, 2.05) is 48.6 Å². The first kappa shape index (κ1) is 16.2. The molecule has 0 spiro atoms. The van der Waals surface area contributed by atoms with Gasteiger partial charge in [0, 0.05) is 32.4 Å². The van der Waals surface area contributed by atoms with Gasteiger partial charge in [0.1, 0.15) is 0 Å². The van der Waals surface area contributed by atoms with Crippen LogP contribution >= 0.6 is 0 Å². The first-order valence-electron chi connectivity index (χ1n) is 8.07. The molecule has 124 valence electrons. The van der Waals surface area contributed by atoms with Crippen molar-refractivity contribution in [2.75, 3.05) is 19.6 Å². The van der Waals surface area contributed by atoms with Gasteiger partial charge in [-0.15, -0.1) is 0 Å². The Labute approximate surface area is 141 Å². The van der Waals surface area contributed by atoms with Crippen LogP contribution < -0.4 is 0 Å². The SMILES string of the molecule is O=C(O)N1CCN(Cc2ccccc2)C[C@H]1C=Cc1ccccn1. The Morgan fingerprint density at radius 2 is 1.96 bits per heavy atom. The minimum absolute atomic E-state index is 0.165. The van der Waals surface area contributed by atoms with Gasteiger partial charge in [-0.2, -0.15) is 0 Å². The lowest BCUT2D eigenvalue weighted by atomic mass is 10.1. The highest BCUT2D eigenvalue weighted by atomic mass is 16.4. The molecule has 2 heterocycles. The lowest BCUT2D eigenvalue weighted by Crippen LogP contribution is -2.53. The van der Waals surface area contributed by atoms with Gasteiger partial charge >= 0.3 is 6.09 Å². The smallest absolute Gasteiger partial charge is 0.407 e. The van der Waals surface area contributed by atoms with E-state index in [4.69, 9.17) is 0 Å². The molecule has 0 aliphatic carbocycles. The van der Waals surface area contributed by atoms with Crippen LogP contribution in [0.5, 0.6) is 0 Å². The van der Waals surface area contributed by atoms with E-state index in [0.717, 1.165) is 18.8 Å². The van der Waals surface area contributed by atoms with E-state index in [9.17, 15) is 9.90 Å². The molecule has 1 aliphatic rings. The highest BCUT2D eigenvalue weighted by Crippen LogP contribution is 2.15. The molecular formula is C19H21N3O2. The number of nitrogens with zero attached hydrogens (tertiary/aromatic N) is 3. The van der Waals surface area contributed by atoms with E-state index in [-0.39, 0.29) is 6.04 Å². The molecule has 1 aromatic heterocycles. The minimum Gasteiger partial charge on any atom is -0.465 e. The third-order valence-electron chi connectivity index (χ3n) is 4.17. The summed E-state index contributed by atoms with van der Waals surface area (Å²) in [5.74, 6) is 0. The molecule has 0 saturated carbocycles. The Kier molecular flexibility index (Phi) is 5.23. The summed E-state index contributed by atoms with van der Waals surface area (Å²) in [6.07, 6.45) is 4.70. The third-order valence-corrected chi connectivity index (χ3v) is 4.17. The molecule has 5 heteroatoms. The summed E-state index contributed by atoms with van der Waals surface area (Å²) in [7, 11) is 0. The van der Waals surface area contributed by atoms with Gasteiger partial charge in [0.25, 0.3) is 0 Å². The zero-order valence-corrected chi connectivity index (χ0v) is 13.5. The molecule has 0 unspecified atom stereocenters. The fourth-order valence-electron chi connectivity index (χ4n) is 2.94. The van der Waals surface area contributed by atoms with Crippen LogP contribution in [0.4, 0.5) is 4.79 Å². The summed E-state index contributed by atoms with van der Waals surface area (Å²) >= 11 is 0. The Bertz CT molecular complexity index is 688. The molecule has 1 amide bonds. The molecule has 2 aromatic rings. The minimum atomic E-state index is -0.870. The molecule has 1 aliphatic heterocycles. The quantitative estimate of drug-likeness (QED) is 0.940. The van der Waals surface area contributed by atoms with E-state index < -0.39 is 6.09 Å². The summed E-state index contributed by atoms with van der Waals surface area (Å²) in [4.78, 5) is 19.5. The van der Waals surface area contributed by atoms with E-state index in [0.29, 0.717) is 13.1 Å². The van der Waals surface area contributed by atoms with Crippen molar-refractivity contribution in [1.29, 1.82) is 0 Å². The van der Waals surface area contributed by atoms with Gasteiger partial charge in [-0.05, 0) is 23.8 Å². The number of carboxylic acid groups (broad SMARTS) is 1. The van der Waals surface area contributed by atoms with Gasteiger partial charge in [0.2, 0.25) is 0 Å². The number of pyridine rings is 1. The molecule has 1 N–H and O–H groups in total.